The topological polar surface area (TPSA) is 61.9 Å². The molecular weight excluding hydrogens is 485 g/mol. The van der Waals surface area contributed by atoms with Crippen LogP contribution in [0.4, 0.5) is 13.2 Å². The molecule has 34 heavy (non-hydrogen) atoms. The Bertz CT molecular complexity index is 1380. The van der Waals surface area contributed by atoms with Gasteiger partial charge in [-0.3, -0.25) is 9.69 Å². The van der Waals surface area contributed by atoms with Gasteiger partial charge in [0.1, 0.15) is 10.8 Å². The predicted octanol–water partition coefficient (Wildman–Crippen LogP) is 5.79. The lowest BCUT2D eigenvalue weighted by Gasteiger charge is -2.27. The molecule has 0 radical (unpaired) electrons. The highest BCUT2D eigenvalue weighted by atomic mass is 35.5. The Balaban J connectivity index is 1.31. The fourth-order valence-electron chi connectivity index (χ4n) is 3.90. The zero-order chi connectivity index (χ0) is 23.9. The van der Waals surface area contributed by atoms with E-state index in [1.807, 2.05) is 30.5 Å². The van der Waals surface area contributed by atoms with Gasteiger partial charge in [-0.05, 0) is 24.3 Å². The lowest BCUT2D eigenvalue weighted by atomic mass is 10.1. The number of fused-ring (bicyclic) bond motifs is 1. The van der Waals surface area contributed by atoms with Crippen molar-refractivity contribution in [3.8, 4) is 22.0 Å². The Labute approximate surface area is 201 Å². The summed E-state index contributed by atoms with van der Waals surface area (Å²) in [4.78, 5) is 27.8. The molecule has 2 aromatic carbocycles. The van der Waals surface area contributed by atoms with Gasteiger partial charge in [-0.15, -0.1) is 11.3 Å². The van der Waals surface area contributed by atoms with E-state index in [9.17, 15) is 18.0 Å². The van der Waals surface area contributed by atoms with Crippen LogP contribution in [0.3, 0.4) is 0 Å². The van der Waals surface area contributed by atoms with Crippen LogP contribution >= 0.6 is 22.9 Å². The molecule has 1 N–H and O–H groups in total. The third kappa shape index (κ3) is 4.77. The summed E-state index contributed by atoms with van der Waals surface area (Å²) in [6.45, 7) is 1.81. The number of nitrogens with zero attached hydrogens (tertiary/aromatic N) is 3. The molecule has 1 aliphatic rings. The van der Waals surface area contributed by atoms with Crippen molar-refractivity contribution >= 4 is 22.9 Å². The number of H-pyrrole nitrogens is 1. The molecule has 1 aliphatic heterocycles. The van der Waals surface area contributed by atoms with E-state index < -0.39 is 11.7 Å². The summed E-state index contributed by atoms with van der Waals surface area (Å²) in [5.74, 6) is 0.279. The monoisotopic (exact) mass is 502 g/mol. The molecule has 10 heteroatoms. The van der Waals surface area contributed by atoms with E-state index in [1.54, 1.807) is 11.3 Å². The van der Waals surface area contributed by atoms with Crippen molar-refractivity contribution in [2.75, 3.05) is 6.54 Å². The van der Waals surface area contributed by atoms with E-state index >= 15 is 0 Å². The highest BCUT2D eigenvalue weighted by molar-refractivity contribution is 7.15. The van der Waals surface area contributed by atoms with Crippen LogP contribution in [0.15, 0.2) is 59.5 Å². The first-order chi connectivity index (χ1) is 16.3. The van der Waals surface area contributed by atoms with Crippen LogP contribution in [0, 0.1) is 0 Å². The number of hydrogen-bond acceptors (Lipinski definition) is 5. The molecule has 0 spiro atoms. The summed E-state index contributed by atoms with van der Waals surface area (Å²) in [5.41, 5.74) is 1.70. The average Bonchev–Trinajstić information content (AvgIpc) is 3.28. The fraction of sp³-hybridized carbons (Fsp3) is 0.208. The Morgan fingerprint density at radius 2 is 1.76 bits per heavy atom. The largest absolute Gasteiger partial charge is 0.416 e. The maximum Gasteiger partial charge on any atom is 0.416 e. The quantitative estimate of drug-likeness (QED) is 0.383. The Kier molecular flexibility index (Phi) is 6.01. The van der Waals surface area contributed by atoms with Crippen molar-refractivity contribution in [1.82, 2.24) is 19.9 Å². The number of nitrogens with one attached hydrogen (secondary N) is 1. The molecule has 0 fully saturated rings. The van der Waals surface area contributed by atoms with Crippen molar-refractivity contribution in [2.45, 2.75) is 25.7 Å². The molecule has 0 bridgehead atoms. The molecular formula is C24H18ClF3N4OS. The van der Waals surface area contributed by atoms with Gasteiger partial charge < -0.3 is 4.98 Å². The number of thiazole rings is 1. The molecule has 174 valence electrons. The molecule has 3 heterocycles. The van der Waals surface area contributed by atoms with Gasteiger partial charge in [-0.2, -0.15) is 13.2 Å². The third-order valence-corrected chi connectivity index (χ3v) is 6.94. The normalized spacial score (nSPS) is 14.2. The molecule has 0 saturated heterocycles. The maximum absolute atomic E-state index is 12.8. The minimum absolute atomic E-state index is 0.268. The minimum Gasteiger partial charge on any atom is -0.306 e. The van der Waals surface area contributed by atoms with Crippen molar-refractivity contribution in [2.24, 2.45) is 0 Å². The van der Waals surface area contributed by atoms with Crippen molar-refractivity contribution < 1.29 is 13.2 Å². The third-order valence-electron chi connectivity index (χ3n) is 5.66. The molecule has 0 saturated carbocycles. The number of hydrogen-bond donors (Lipinski definition) is 1. The number of alkyl halides is 3. The van der Waals surface area contributed by atoms with Crippen LogP contribution in [0.2, 0.25) is 5.02 Å². The van der Waals surface area contributed by atoms with Gasteiger partial charge in [-0.1, -0.05) is 35.9 Å². The van der Waals surface area contributed by atoms with Crippen molar-refractivity contribution in [3.05, 3.63) is 91.8 Å². The van der Waals surface area contributed by atoms with Gasteiger partial charge in [0.2, 0.25) is 0 Å². The maximum atomic E-state index is 12.8. The van der Waals surface area contributed by atoms with Crippen LogP contribution in [0.5, 0.6) is 0 Å². The summed E-state index contributed by atoms with van der Waals surface area (Å²) in [6.07, 6.45) is -1.98. The van der Waals surface area contributed by atoms with Crippen LogP contribution in [-0.2, 0) is 25.7 Å². The van der Waals surface area contributed by atoms with Crippen molar-refractivity contribution in [3.63, 3.8) is 0 Å². The standard InChI is InChI=1S/C24H18ClF3N4OS/c25-17-7-3-15(4-8-17)23-29-11-18(34-23)12-32-10-9-20-19(13-32)22(33)31-21(30-20)14-1-5-16(6-2-14)24(26,27)28/h1-8,11H,9-10,12-13H2,(H,30,31,33). The molecule has 0 atom stereocenters. The number of rotatable bonds is 4. The molecule has 0 amide bonds. The summed E-state index contributed by atoms with van der Waals surface area (Å²) in [7, 11) is 0. The lowest BCUT2D eigenvalue weighted by Crippen LogP contribution is -2.35. The second kappa shape index (κ2) is 8.98. The van der Waals surface area contributed by atoms with E-state index in [0.717, 1.165) is 27.6 Å². The first-order valence-corrected chi connectivity index (χ1v) is 11.7. The average molecular weight is 503 g/mol. The summed E-state index contributed by atoms with van der Waals surface area (Å²) < 4.78 is 38.5. The van der Waals surface area contributed by atoms with Gasteiger partial charge in [0.25, 0.3) is 5.56 Å². The smallest absolute Gasteiger partial charge is 0.306 e. The van der Waals surface area contributed by atoms with Crippen LogP contribution in [0.1, 0.15) is 21.7 Å². The van der Waals surface area contributed by atoms with Gasteiger partial charge >= 0.3 is 6.18 Å². The first-order valence-electron chi connectivity index (χ1n) is 10.5. The Morgan fingerprint density at radius 3 is 2.47 bits per heavy atom. The van der Waals surface area contributed by atoms with E-state index in [-0.39, 0.29) is 11.4 Å². The van der Waals surface area contributed by atoms with Gasteiger partial charge in [0.15, 0.2) is 0 Å². The first kappa shape index (κ1) is 22.8. The second-order valence-corrected chi connectivity index (χ2v) is 9.57. The number of benzene rings is 2. The molecule has 5 rings (SSSR count). The molecule has 2 aromatic heterocycles. The SMILES string of the molecule is O=c1[nH]c(-c2ccc(C(F)(F)F)cc2)nc2c1CN(Cc1cnc(-c3ccc(Cl)cc3)s1)CC2. The number of aromatic nitrogens is 3. The molecule has 0 unspecified atom stereocenters. The van der Waals surface area contributed by atoms with E-state index in [2.05, 4.69) is 19.9 Å². The lowest BCUT2D eigenvalue weighted by molar-refractivity contribution is -0.137. The van der Waals surface area contributed by atoms with E-state index in [4.69, 9.17) is 11.6 Å². The summed E-state index contributed by atoms with van der Waals surface area (Å²) in [6, 6.07) is 12.2. The van der Waals surface area contributed by atoms with E-state index in [0.29, 0.717) is 47.9 Å². The highest BCUT2D eigenvalue weighted by Gasteiger charge is 2.30. The van der Waals surface area contributed by atoms with Gasteiger partial charge in [0, 0.05) is 53.3 Å². The van der Waals surface area contributed by atoms with Crippen LogP contribution in [0.25, 0.3) is 22.0 Å². The second-order valence-electron chi connectivity index (χ2n) is 8.01. The number of aromatic amines is 1. The Hall–Kier alpha value is -3.01. The van der Waals surface area contributed by atoms with Gasteiger partial charge in [-0.25, -0.2) is 9.97 Å². The van der Waals surface area contributed by atoms with Crippen molar-refractivity contribution in [1.29, 1.82) is 0 Å². The summed E-state index contributed by atoms with van der Waals surface area (Å²) >= 11 is 7.55. The zero-order valence-corrected chi connectivity index (χ0v) is 19.3. The Morgan fingerprint density at radius 1 is 1.06 bits per heavy atom. The van der Waals surface area contributed by atoms with Crippen LogP contribution < -0.4 is 5.56 Å². The molecule has 5 nitrogen and oxygen atoms in total. The predicted molar refractivity (Wildman–Crippen MR) is 126 cm³/mol. The highest BCUT2D eigenvalue weighted by Crippen LogP contribution is 2.31. The molecule has 4 aromatic rings. The minimum atomic E-state index is -4.41. The van der Waals surface area contributed by atoms with Crippen LogP contribution in [-0.4, -0.2) is 26.4 Å². The summed E-state index contributed by atoms with van der Waals surface area (Å²) in [5, 5.41) is 1.58. The fourth-order valence-corrected chi connectivity index (χ4v) is 4.98. The van der Waals surface area contributed by atoms with E-state index in [1.165, 1.54) is 12.1 Å². The zero-order valence-electron chi connectivity index (χ0n) is 17.7. The molecule has 0 aliphatic carbocycles. The number of halogens is 4. The van der Waals surface area contributed by atoms with Gasteiger partial charge in [0.05, 0.1) is 16.8 Å².